The molecule has 4 rings (SSSR count). The predicted octanol–water partition coefficient (Wildman–Crippen LogP) is 2.96. The Morgan fingerprint density at radius 3 is 2.06 bits per heavy atom. The number of hydrogen-bond acceptors (Lipinski definition) is 5. The maximum absolute atomic E-state index is 13.7. The first-order valence-electron chi connectivity index (χ1n) is 10.9. The molecule has 35 heavy (non-hydrogen) atoms. The van der Waals surface area contributed by atoms with Crippen molar-refractivity contribution in [2.45, 2.75) is 12.0 Å². The molecule has 1 heterocycles. The molecule has 0 bridgehead atoms. The summed E-state index contributed by atoms with van der Waals surface area (Å²) < 4.78 is 24.6. The molecule has 8 nitrogen and oxygen atoms in total. The second kappa shape index (κ2) is 9.34. The summed E-state index contributed by atoms with van der Waals surface area (Å²) in [5.41, 5.74) is 0.817. The number of ketones is 1. The van der Waals surface area contributed by atoms with Crippen LogP contribution in [0.3, 0.4) is 0 Å². The maximum Gasteiger partial charge on any atom is 0.325 e. The molecule has 0 radical (unpaired) electrons. The first-order chi connectivity index (χ1) is 16.6. The van der Waals surface area contributed by atoms with Crippen LogP contribution in [0, 0.1) is 0 Å². The lowest BCUT2D eigenvalue weighted by Gasteiger charge is -2.27. The molecule has 3 amide bonds. The second-order valence-corrected chi connectivity index (χ2v) is 10.5. The number of rotatable bonds is 8. The number of carbonyl (C=O) groups is 3. The number of amides is 3. The molecule has 0 saturated carbocycles. The zero-order valence-electron chi connectivity index (χ0n) is 19.3. The van der Waals surface area contributed by atoms with E-state index in [0.717, 1.165) is 21.0 Å². The smallest absolute Gasteiger partial charge is 0.319 e. The Hall–Kier alpha value is -3.98. The van der Waals surface area contributed by atoms with Gasteiger partial charge in [0.2, 0.25) is 10.0 Å². The van der Waals surface area contributed by atoms with Gasteiger partial charge in [-0.2, -0.15) is 0 Å². The third-order valence-corrected chi connectivity index (χ3v) is 7.31. The standard InChI is InChI=1S/C26H25N3O5S/c1-28(35(2,33)34)22-15-13-20(14-16-22)23(30)18-29-24(31)26(27-25(29)32,21-11-7-4-8-12-21)17-19-9-5-3-6-10-19/h3-16H,17-18H2,1-2H3,(H,27,32). The predicted molar refractivity (Wildman–Crippen MR) is 133 cm³/mol. The third-order valence-electron chi connectivity index (χ3n) is 6.11. The third kappa shape index (κ3) is 4.81. The van der Waals surface area contributed by atoms with Gasteiger partial charge in [0.1, 0.15) is 0 Å². The van der Waals surface area contributed by atoms with Gasteiger partial charge in [0.15, 0.2) is 11.3 Å². The molecule has 0 aromatic heterocycles. The summed E-state index contributed by atoms with van der Waals surface area (Å²) in [7, 11) is -2.03. The number of nitrogens with one attached hydrogen (secondary N) is 1. The monoisotopic (exact) mass is 491 g/mol. The topological polar surface area (TPSA) is 104 Å². The summed E-state index contributed by atoms with van der Waals surface area (Å²) in [5, 5.41) is 2.84. The van der Waals surface area contributed by atoms with Gasteiger partial charge in [0, 0.05) is 19.0 Å². The van der Waals surface area contributed by atoms with Crippen LogP contribution in [0.2, 0.25) is 0 Å². The molecule has 1 saturated heterocycles. The number of sulfonamides is 1. The normalized spacial score (nSPS) is 17.8. The Bertz CT molecular complexity index is 1360. The van der Waals surface area contributed by atoms with Gasteiger partial charge in [-0.3, -0.25) is 18.8 Å². The number of benzene rings is 3. The van der Waals surface area contributed by atoms with E-state index in [2.05, 4.69) is 5.32 Å². The van der Waals surface area contributed by atoms with Crippen molar-refractivity contribution in [2.75, 3.05) is 24.2 Å². The Kier molecular flexibility index (Phi) is 6.45. The van der Waals surface area contributed by atoms with E-state index in [4.69, 9.17) is 0 Å². The van der Waals surface area contributed by atoms with E-state index >= 15 is 0 Å². The first kappa shape index (κ1) is 24.2. The molecule has 1 aliphatic heterocycles. The van der Waals surface area contributed by atoms with Crippen LogP contribution < -0.4 is 9.62 Å². The van der Waals surface area contributed by atoms with E-state index in [1.807, 2.05) is 36.4 Å². The Labute approximate surface area is 204 Å². The largest absolute Gasteiger partial charge is 0.325 e. The fourth-order valence-corrected chi connectivity index (χ4v) is 4.60. The summed E-state index contributed by atoms with van der Waals surface area (Å²) in [6.07, 6.45) is 1.32. The summed E-state index contributed by atoms with van der Waals surface area (Å²) in [5.74, 6) is -0.940. The van der Waals surface area contributed by atoms with Crippen molar-refractivity contribution in [1.29, 1.82) is 0 Å². The molecule has 1 fully saturated rings. The van der Waals surface area contributed by atoms with Crippen molar-refractivity contribution < 1.29 is 22.8 Å². The minimum atomic E-state index is -3.44. The van der Waals surface area contributed by atoms with Gasteiger partial charge < -0.3 is 5.32 Å². The van der Waals surface area contributed by atoms with Crippen molar-refractivity contribution in [1.82, 2.24) is 10.2 Å². The second-order valence-electron chi connectivity index (χ2n) is 8.46. The van der Waals surface area contributed by atoms with E-state index in [1.54, 1.807) is 24.3 Å². The fourth-order valence-electron chi connectivity index (χ4n) is 4.10. The summed E-state index contributed by atoms with van der Waals surface area (Å²) in [6.45, 7) is -0.435. The van der Waals surface area contributed by atoms with E-state index < -0.39 is 39.8 Å². The zero-order valence-corrected chi connectivity index (χ0v) is 20.2. The van der Waals surface area contributed by atoms with Gasteiger partial charge in [-0.25, -0.2) is 13.2 Å². The highest BCUT2D eigenvalue weighted by molar-refractivity contribution is 7.92. The Morgan fingerprint density at radius 2 is 1.49 bits per heavy atom. The van der Waals surface area contributed by atoms with Gasteiger partial charge in [0.05, 0.1) is 18.5 Å². The number of imide groups is 1. The van der Waals surface area contributed by atoms with E-state index in [-0.39, 0.29) is 12.0 Å². The Balaban J connectivity index is 1.60. The highest BCUT2D eigenvalue weighted by Crippen LogP contribution is 2.33. The minimum absolute atomic E-state index is 0.236. The van der Waals surface area contributed by atoms with Gasteiger partial charge in [0.25, 0.3) is 5.91 Å². The molecule has 1 aliphatic rings. The van der Waals surface area contributed by atoms with Gasteiger partial charge in [-0.1, -0.05) is 60.7 Å². The van der Waals surface area contributed by atoms with Crippen LogP contribution >= 0.6 is 0 Å². The van der Waals surface area contributed by atoms with Crippen molar-refractivity contribution in [3.8, 4) is 0 Å². The molecule has 1 N–H and O–H groups in total. The molecule has 0 spiro atoms. The molecule has 180 valence electrons. The quantitative estimate of drug-likeness (QED) is 0.385. The van der Waals surface area contributed by atoms with Crippen LogP contribution in [0.1, 0.15) is 21.5 Å². The molecule has 1 atom stereocenters. The Morgan fingerprint density at radius 1 is 0.914 bits per heavy atom. The lowest BCUT2D eigenvalue weighted by atomic mass is 9.83. The number of carbonyl (C=O) groups excluding carboxylic acids is 3. The highest BCUT2D eigenvalue weighted by atomic mass is 32.2. The lowest BCUT2D eigenvalue weighted by molar-refractivity contribution is -0.131. The van der Waals surface area contributed by atoms with Gasteiger partial charge in [-0.05, 0) is 35.4 Å². The van der Waals surface area contributed by atoms with E-state index in [1.165, 1.54) is 31.3 Å². The highest BCUT2D eigenvalue weighted by Gasteiger charge is 2.52. The number of urea groups is 1. The number of hydrogen-bond donors (Lipinski definition) is 1. The fraction of sp³-hybridized carbons (Fsp3) is 0.192. The van der Waals surface area contributed by atoms with Gasteiger partial charge in [-0.15, -0.1) is 0 Å². The van der Waals surface area contributed by atoms with Crippen molar-refractivity contribution in [2.24, 2.45) is 0 Å². The number of Topliss-reactive ketones (excluding diaryl/α,β-unsaturated/α-hetero) is 1. The summed E-state index contributed by atoms with van der Waals surface area (Å²) >= 11 is 0. The SMILES string of the molecule is CN(c1ccc(C(=O)CN2C(=O)NC(Cc3ccccc3)(c3ccccc3)C2=O)cc1)S(C)(=O)=O. The van der Waals surface area contributed by atoms with Crippen LogP contribution in [0.25, 0.3) is 0 Å². The average Bonchev–Trinajstić information content (AvgIpc) is 3.09. The minimum Gasteiger partial charge on any atom is -0.319 e. The molecular weight excluding hydrogens is 466 g/mol. The van der Waals surface area contributed by atoms with Crippen LogP contribution in [-0.2, 0) is 26.8 Å². The van der Waals surface area contributed by atoms with Crippen LogP contribution in [0.4, 0.5) is 10.5 Å². The van der Waals surface area contributed by atoms with Crippen molar-refractivity contribution >= 4 is 33.4 Å². The first-order valence-corrected chi connectivity index (χ1v) is 12.8. The van der Waals surface area contributed by atoms with Crippen LogP contribution in [0.5, 0.6) is 0 Å². The molecule has 0 aliphatic carbocycles. The summed E-state index contributed by atoms with van der Waals surface area (Å²) in [6, 6.07) is 23.7. The van der Waals surface area contributed by atoms with Crippen molar-refractivity contribution in [3.05, 3.63) is 102 Å². The number of anilines is 1. The van der Waals surface area contributed by atoms with Crippen LogP contribution in [0.15, 0.2) is 84.9 Å². The molecule has 3 aromatic carbocycles. The van der Waals surface area contributed by atoms with Crippen LogP contribution in [-0.4, -0.2) is 50.9 Å². The zero-order chi connectivity index (χ0) is 25.2. The van der Waals surface area contributed by atoms with Gasteiger partial charge >= 0.3 is 6.03 Å². The molecule has 1 unspecified atom stereocenters. The number of nitrogens with zero attached hydrogens (tertiary/aromatic N) is 2. The summed E-state index contributed by atoms with van der Waals surface area (Å²) in [4.78, 5) is 40.5. The molecule has 9 heteroatoms. The maximum atomic E-state index is 13.7. The van der Waals surface area contributed by atoms with Crippen molar-refractivity contribution in [3.63, 3.8) is 0 Å². The molecule has 3 aromatic rings. The lowest BCUT2D eigenvalue weighted by Crippen LogP contribution is -2.46. The average molecular weight is 492 g/mol. The van der Waals surface area contributed by atoms with E-state index in [0.29, 0.717) is 11.3 Å². The van der Waals surface area contributed by atoms with E-state index in [9.17, 15) is 22.8 Å². The molecular formula is C26H25N3O5S.